The van der Waals surface area contributed by atoms with E-state index < -0.39 is 0 Å². The summed E-state index contributed by atoms with van der Waals surface area (Å²) in [6.45, 7) is 0. The summed E-state index contributed by atoms with van der Waals surface area (Å²) in [5, 5.41) is 2.53. The monoisotopic (exact) mass is 714 g/mol. The molecule has 56 heavy (non-hydrogen) atoms. The van der Waals surface area contributed by atoms with Gasteiger partial charge in [-0.2, -0.15) is 0 Å². The molecular weight excluding hydrogens is 677 g/mol. The Balaban J connectivity index is 0.997. The lowest BCUT2D eigenvalue weighted by Crippen LogP contribution is -2.11. The number of aromatic nitrogens is 1. The molecule has 10 rings (SSSR count). The van der Waals surface area contributed by atoms with Gasteiger partial charge in [0.1, 0.15) is 0 Å². The third kappa shape index (κ3) is 6.04. The predicted molar refractivity (Wildman–Crippen MR) is 237 cm³/mol. The summed E-state index contributed by atoms with van der Waals surface area (Å²) in [6.07, 6.45) is 0. The van der Waals surface area contributed by atoms with Gasteiger partial charge >= 0.3 is 0 Å². The van der Waals surface area contributed by atoms with Crippen molar-refractivity contribution in [2.24, 2.45) is 0 Å². The second-order valence-corrected chi connectivity index (χ2v) is 14.1. The number of nitrogens with zero attached hydrogens (tertiary/aromatic N) is 2. The van der Waals surface area contributed by atoms with Crippen molar-refractivity contribution < 1.29 is 0 Å². The first-order chi connectivity index (χ1) is 27.8. The van der Waals surface area contributed by atoms with Crippen LogP contribution in [-0.4, -0.2) is 4.57 Å². The quantitative estimate of drug-likeness (QED) is 0.152. The summed E-state index contributed by atoms with van der Waals surface area (Å²) in [6, 6.07) is 82.9. The molecule has 0 atom stereocenters. The predicted octanol–water partition coefficient (Wildman–Crippen LogP) is 14.9. The summed E-state index contributed by atoms with van der Waals surface area (Å²) in [5.74, 6) is 0. The molecule has 1 aromatic heterocycles. The van der Waals surface area contributed by atoms with Gasteiger partial charge < -0.3 is 9.47 Å². The highest BCUT2D eigenvalue weighted by molar-refractivity contribution is 6.09. The maximum Gasteiger partial charge on any atom is 0.0541 e. The largest absolute Gasteiger partial charge is 0.310 e. The molecule has 0 N–H and O–H groups in total. The van der Waals surface area contributed by atoms with E-state index in [2.05, 4.69) is 240 Å². The zero-order chi connectivity index (χ0) is 37.3. The summed E-state index contributed by atoms with van der Waals surface area (Å²) in [7, 11) is 0. The molecule has 9 aromatic carbocycles. The number of anilines is 3. The topological polar surface area (TPSA) is 8.17 Å². The number of rotatable bonds is 8. The van der Waals surface area contributed by atoms with Crippen molar-refractivity contribution in [2.45, 2.75) is 0 Å². The van der Waals surface area contributed by atoms with Crippen molar-refractivity contribution in [1.29, 1.82) is 0 Å². The van der Waals surface area contributed by atoms with Crippen LogP contribution in [0.2, 0.25) is 0 Å². The van der Waals surface area contributed by atoms with E-state index in [-0.39, 0.29) is 0 Å². The van der Waals surface area contributed by atoms with E-state index in [4.69, 9.17) is 0 Å². The van der Waals surface area contributed by atoms with Gasteiger partial charge in [-0.3, -0.25) is 0 Å². The van der Waals surface area contributed by atoms with Crippen molar-refractivity contribution in [2.75, 3.05) is 4.90 Å². The van der Waals surface area contributed by atoms with Crippen LogP contribution in [0, 0.1) is 0 Å². The Bertz CT molecular complexity index is 2890. The molecule has 2 heteroatoms. The Labute approximate surface area is 327 Å². The summed E-state index contributed by atoms with van der Waals surface area (Å²) >= 11 is 0. The first kappa shape index (κ1) is 33.2. The minimum atomic E-state index is 1.10. The third-order valence-electron chi connectivity index (χ3n) is 10.8. The lowest BCUT2D eigenvalue weighted by atomic mass is 9.97. The van der Waals surface area contributed by atoms with Crippen molar-refractivity contribution in [3.05, 3.63) is 231 Å². The van der Waals surface area contributed by atoms with Gasteiger partial charge in [0.2, 0.25) is 0 Å². The Kier molecular flexibility index (Phi) is 8.55. The zero-order valence-corrected chi connectivity index (χ0v) is 30.8. The van der Waals surface area contributed by atoms with Gasteiger partial charge in [0.25, 0.3) is 0 Å². The number of para-hydroxylation sites is 5. The van der Waals surface area contributed by atoms with Crippen LogP contribution >= 0.6 is 0 Å². The number of fused-ring (bicyclic) bond motifs is 3. The number of hydrogen-bond acceptors (Lipinski definition) is 1. The van der Waals surface area contributed by atoms with E-state index in [0.29, 0.717) is 0 Å². The van der Waals surface area contributed by atoms with Gasteiger partial charge in [-0.05, 0) is 88.0 Å². The normalized spacial score (nSPS) is 11.2. The van der Waals surface area contributed by atoms with Crippen LogP contribution in [-0.2, 0) is 0 Å². The van der Waals surface area contributed by atoms with E-state index in [1.54, 1.807) is 0 Å². The van der Waals surface area contributed by atoms with Gasteiger partial charge in [-0.25, -0.2) is 0 Å². The molecule has 0 saturated carbocycles. The number of benzene rings is 9. The first-order valence-electron chi connectivity index (χ1n) is 19.2. The highest BCUT2D eigenvalue weighted by atomic mass is 15.1. The Morgan fingerprint density at radius 1 is 0.286 bits per heavy atom. The van der Waals surface area contributed by atoms with Gasteiger partial charge in [0, 0.05) is 33.3 Å². The maximum atomic E-state index is 2.41. The molecule has 0 fully saturated rings. The molecule has 0 amide bonds. The second-order valence-electron chi connectivity index (χ2n) is 14.1. The lowest BCUT2D eigenvalue weighted by molar-refractivity contribution is 1.18. The van der Waals surface area contributed by atoms with Gasteiger partial charge in [-0.15, -0.1) is 0 Å². The summed E-state index contributed by atoms with van der Waals surface area (Å²) in [4.78, 5) is 2.36. The average Bonchev–Trinajstić information content (AvgIpc) is 3.62. The van der Waals surface area contributed by atoms with Crippen molar-refractivity contribution in [3.8, 4) is 50.2 Å². The molecule has 2 nitrogen and oxygen atoms in total. The highest BCUT2D eigenvalue weighted by Gasteiger charge is 2.18. The molecule has 0 spiro atoms. The fraction of sp³-hybridized carbons (Fsp3) is 0. The molecule has 10 aromatic rings. The van der Waals surface area contributed by atoms with Crippen LogP contribution in [0.15, 0.2) is 231 Å². The van der Waals surface area contributed by atoms with Gasteiger partial charge in [-0.1, -0.05) is 176 Å². The maximum absolute atomic E-state index is 2.41. The molecule has 0 radical (unpaired) electrons. The summed E-state index contributed by atoms with van der Waals surface area (Å²) < 4.78 is 2.41. The SMILES string of the molecule is c1ccc(-c2cccc(-c3ccccc3N(c3ccccc3)c3ccc(-c4ccc(-c5ccccc5-n5c6ccccc6c6ccccc65)cc4)cc3)c2)cc1. The number of hydrogen-bond donors (Lipinski definition) is 0. The Hall–Kier alpha value is -7.42. The smallest absolute Gasteiger partial charge is 0.0541 e. The molecule has 0 unspecified atom stereocenters. The minimum absolute atomic E-state index is 1.10. The van der Waals surface area contributed by atoms with Crippen LogP contribution in [0.5, 0.6) is 0 Å². The van der Waals surface area contributed by atoms with E-state index in [1.165, 1.54) is 72.0 Å². The third-order valence-corrected chi connectivity index (χ3v) is 10.8. The first-order valence-corrected chi connectivity index (χ1v) is 19.2. The Morgan fingerprint density at radius 2 is 0.750 bits per heavy atom. The van der Waals surface area contributed by atoms with Gasteiger partial charge in [0.15, 0.2) is 0 Å². The lowest BCUT2D eigenvalue weighted by Gasteiger charge is -2.28. The van der Waals surface area contributed by atoms with Crippen LogP contribution in [0.3, 0.4) is 0 Å². The minimum Gasteiger partial charge on any atom is -0.310 e. The van der Waals surface area contributed by atoms with E-state index in [0.717, 1.165) is 17.1 Å². The van der Waals surface area contributed by atoms with E-state index in [1.807, 2.05) is 0 Å². The zero-order valence-electron chi connectivity index (χ0n) is 30.8. The van der Waals surface area contributed by atoms with Gasteiger partial charge in [0.05, 0.1) is 22.4 Å². The van der Waals surface area contributed by atoms with Crippen LogP contribution in [0.4, 0.5) is 17.1 Å². The van der Waals surface area contributed by atoms with Crippen LogP contribution in [0.1, 0.15) is 0 Å². The molecule has 0 saturated heterocycles. The molecule has 1 heterocycles. The summed E-state index contributed by atoms with van der Waals surface area (Å²) in [5.41, 5.74) is 16.5. The van der Waals surface area contributed by atoms with E-state index in [9.17, 15) is 0 Å². The standard InChI is InChI=1S/C54H38N2/c1-3-16-39(17-4-1)43-18-15-19-44(38-43)48-23-8-11-26-51(48)55(45-20-5-2-6-21-45)46-36-34-41(35-37-46)40-30-32-42(33-31-40)47-22-7-12-27-52(47)56-53-28-13-9-24-49(53)50-25-10-14-29-54(50)56/h1-38H. The molecule has 0 aliphatic heterocycles. The molecule has 0 aliphatic rings. The Morgan fingerprint density at radius 3 is 1.45 bits per heavy atom. The van der Waals surface area contributed by atoms with Crippen LogP contribution in [0.25, 0.3) is 72.0 Å². The second kappa shape index (κ2) is 14.4. The van der Waals surface area contributed by atoms with E-state index >= 15 is 0 Å². The van der Waals surface area contributed by atoms with Crippen molar-refractivity contribution in [1.82, 2.24) is 4.57 Å². The molecule has 0 aliphatic carbocycles. The molecule has 0 bridgehead atoms. The fourth-order valence-electron chi connectivity index (χ4n) is 8.15. The van der Waals surface area contributed by atoms with Crippen LogP contribution < -0.4 is 4.90 Å². The molecular formula is C54H38N2. The van der Waals surface area contributed by atoms with Crippen molar-refractivity contribution in [3.63, 3.8) is 0 Å². The van der Waals surface area contributed by atoms with Crippen molar-refractivity contribution >= 4 is 38.9 Å². The highest BCUT2D eigenvalue weighted by Crippen LogP contribution is 2.42. The fourth-order valence-corrected chi connectivity index (χ4v) is 8.15. The molecule has 264 valence electrons. The average molecular weight is 715 g/mol.